The van der Waals surface area contributed by atoms with Gasteiger partial charge >= 0.3 is 5.69 Å². The Kier molecular flexibility index (Phi) is 6.99. The van der Waals surface area contributed by atoms with Crippen LogP contribution < -0.4 is 21.9 Å². The normalized spacial score (nSPS) is 15.6. The molecule has 2 aromatic heterocycles. The molecule has 1 aromatic carbocycles. The number of hydrogen-bond donors (Lipinski definition) is 2. The van der Waals surface area contributed by atoms with Crippen LogP contribution in [0.1, 0.15) is 19.3 Å². The first-order chi connectivity index (χ1) is 15.9. The van der Waals surface area contributed by atoms with Gasteiger partial charge in [0.1, 0.15) is 17.1 Å². The Labute approximate surface area is 191 Å². The van der Waals surface area contributed by atoms with Gasteiger partial charge in [0, 0.05) is 31.8 Å². The predicted octanol–water partition coefficient (Wildman–Crippen LogP) is 1.69. The summed E-state index contributed by atoms with van der Waals surface area (Å²) in [5, 5.41) is 7.05. The summed E-state index contributed by atoms with van der Waals surface area (Å²) in [4.78, 5) is 50.6. The van der Waals surface area contributed by atoms with Crippen LogP contribution in [0.15, 0.2) is 45.3 Å². The molecule has 1 aliphatic heterocycles. The Morgan fingerprint density at radius 3 is 2.64 bits per heavy atom. The molecule has 2 N–H and O–H groups in total. The minimum Gasteiger partial charge on any atom is -0.376 e. The fourth-order valence-corrected chi connectivity index (χ4v) is 4.53. The molecule has 1 atom stereocenters. The molecule has 2 amide bonds. The van der Waals surface area contributed by atoms with Gasteiger partial charge in [-0.25, -0.2) is 9.18 Å². The lowest BCUT2D eigenvalue weighted by Crippen LogP contribution is -2.43. The van der Waals surface area contributed by atoms with Gasteiger partial charge in [0.2, 0.25) is 11.8 Å². The van der Waals surface area contributed by atoms with Crippen molar-refractivity contribution in [3.05, 3.63) is 62.4 Å². The molecule has 174 valence electrons. The Balaban J connectivity index is 1.49. The van der Waals surface area contributed by atoms with Crippen molar-refractivity contribution >= 4 is 39.1 Å². The monoisotopic (exact) mass is 474 g/mol. The summed E-state index contributed by atoms with van der Waals surface area (Å²) >= 11 is 1.17. The quantitative estimate of drug-likeness (QED) is 0.516. The molecule has 1 aliphatic rings. The van der Waals surface area contributed by atoms with Crippen LogP contribution in [0.5, 0.6) is 0 Å². The minimum absolute atomic E-state index is 0.0274. The topological polar surface area (TPSA) is 111 Å². The average Bonchev–Trinajstić information content (AvgIpc) is 3.49. The molecule has 0 spiro atoms. The van der Waals surface area contributed by atoms with Crippen molar-refractivity contribution in [2.45, 2.75) is 38.5 Å². The van der Waals surface area contributed by atoms with E-state index in [2.05, 4.69) is 10.6 Å². The van der Waals surface area contributed by atoms with Crippen molar-refractivity contribution in [1.82, 2.24) is 14.5 Å². The number of hydrogen-bond acceptors (Lipinski definition) is 6. The third-order valence-electron chi connectivity index (χ3n) is 5.38. The zero-order valence-corrected chi connectivity index (χ0v) is 18.5. The number of benzene rings is 1. The van der Waals surface area contributed by atoms with Gasteiger partial charge in [-0.1, -0.05) is 0 Å². The van der Waals surface area contributed by atoms with E-state index in [4.69, 9.17) is 4.74 Å². The van der Waals surface area contributed by atoms with Crippen molar-refractivity contribution in [2.75, 3.05) is 18.5 Å². The van der Waals surface area contributed by atoms with E-state index in [-0.39, 0.29) is 31.5 Å². The Morgan fingerprint density at radius 1 is 1.12 bits per heavy atom. The van der Waals surface area contributed by atoms with E-state index in [9.17, 15) is 23.6 Å². The first kappa shape index (κ1) is 22.9. The standard InChI is InChI=1S/C22H23FN4O5S/c23-14-3-5-15(6-4-14)25-18(28)7-9-26-21(30)20-17(8-11-33-20)27(22(26)31)13-19(29)24-12-16-2-1-10-32-16/h3-6,8,11,16H,1-2,7,9-10,12-13H2,(H,24,29)(H,25,28)/t16-/m1/s1. The Hall–Kier alpha value is -3.31. The van der Waals surface area contributed by atoms with Crippen LogP contribution in [0.4, 0.5) is 10.1 Å². The number of aromatic nitrogens is 2. The molecule has 9 nitrogen and oxygen atoms in total. The Morgan fingerprint density at radius 2 is 1.91 bits per heavy atom. The van der Waals surface area contributed by atoms with Crippen LogP contribution >= 0.6 is 11.3 Å². The SMILES string of the molecule is O=C(Cn1c(=O)n(CCC(=O)Nc2ccc(F)cc2)c(=O)c2sccc21)NC[C@H]1CCCO1. The van der Waals surface area contributed by atoms with Gasteiger partial charge in [0.15, 0.2) is 0 Å². The maximum atomic E-state index is 13.1. The van der Waals surface area contributed by atoms with Crippen LogP contribution in [-0.2, 0) is 27.4 Å². The molecule has 1 saturated heterocycles. The molecule has 0 unspecified atom stereocenters. The summed E-state index contributed by atoms with van der Waals surface area (Å²) in [6, 6.07) is 6.89. The first-order valence-electron chi connectivity index (χ1n) is 10.6. The maximum Gasteiger partial charge on any atom is 0.332 e. The number of carbonyl (C=O) groups excluding carboxylic acids is 2. The van der Waals surface area contributed by atoms with Crippen molar-refractivity contribution in [2.24, 2.45) is 0 Å². The van der Waals surface area contributed by atoms with Crippen LogP contribution in [0.3, 0.4) is 0 Å². The number of ether oxygens (including phenoxy) is 1. The number of nitrogens with zero attached hydrogens (tertiary/aromatic N) is 2. The second kappa shape index (κ2) is 10.1. The number of rotatable bonds is 8. The maximum absolute atomic E-state index is 13.1. The van der Waals surface area contributed by atoms with Crippen molar-refractivity contribution in [3.8, 4) is 0 Å². The van der Waals surface area contributed by atoms with E-state index in [1.807, 2.05) is 0 Å². The molecule has 4 rings (SSSR count). The fraction of sp³-hybridized carbons (Fsp3) is 0.364. The van der Waals surface area contributed by atoms with Gasteiger partial charge in [-0.2, -0.15) is 0 Å². The van der Waals surface area contributed by atoms with Crippen LogP contribution in [-0.4, -0.2) is 40.2 Å². The molecule has 3 heterocycles. The summed E-state index contributed by atoms with van der Waals surface area (Å²) in [6.45, 7) is 0.635. The van der Waals surface area contributed by atoms with Crippen molar-refractivity contribution < 1.29 is 18.7 Å². The number of thiophene rings is 1. The molecule has 0 saturated carbocycles. The summed E-state index contributed by atoms with van der Waals surface area (Å²) in [5.74, 6) is -1.22. The minimum atomic E-state index is -0.659. The van der Waals surface area contributed by atoms with E-state index >= 15 is 0 Å². The summed E-state index contributed by atoms with van der Waals surface area (Å²) in [5.41, 5.74) is -0.375. The fourth-order valence-electron chi connectivity index (χ4n) is 3.69. The van der Waals surface area contributed by atoms with E-state index in [0.717, 1.165) is 17.4 Å². The lowest BCUT2D eigenvalue weighted by molar-refractivity contribution is -0.122. The van der Waals surface area contributed by atoms with Gasteiger partial charge in [-0.3, -0.25) is 23.5 Å². The van der Waals surface area contributed by atoms with Gasteiger partial charge in [-0.05, 0) is 48.6 Å². The number of amides is 2. The van der Waals surface area contributed by atoms with Gasteiger partial charge < -0.3 is 15.4 Å². The molecule has 33 heavy (non-hydrogen) atoms. The van der Waals surface area contributed by atoms with E-state index in [0.29, 0.717) is 29.1 Å². The van der Waals surface area contributed by atoms with Crippen molar-refractivity contribution in [3.63, 3.8) is 0 Å². The number of carbonyl (C=O) groups is 2. The average molecular weight is 475 g/mol. The highest BCUT2D eigenvalue weighted by molar-refractivity contribution is 7.17. The summed E-state index contributed by atoms with van der Waals surface area (Å²) in [7, 11) is 0. The third kappa shape index (κ3) is 5.37. The molecule has 1 fully saturated rings. The zero-order chi connectivity index (χ0) is 23.4. The zero-order valence-electron chi connectivity index (χ0n) is 17.7. The number of fused-ring (bicyclic) bond motifs is 1. The highest BCUT2D eigenvalue weighted by Gasteiger charge is 2.19. The number of nitrogens with one attached hydrogen (secondary N) is 2. The molecule has 11 heteroatoms. The third-order valence-corrected chi connectivity index (χ3v) is 6.27. The predicted molar refractivity (Wildman–Crippen MR) is 122 cm³/mol. The largest absolute Gasteiger partial charge is 0.376 e. The lowest BCUT2D eigenvalue weighted by Gasteiger charge is -2.14. The highest BCUT2D eigenvalue weighted by Crippen LogP contribution is 2.16. The molecule has 0 radical (unpaired) electrons. The molecule has 0 aliphatic carbocycles. The van der Waals surface area contributed by atoms with E-state index < -0.39 is 23.0 Å². The molecular formula is C22H23FN4O5S. The highest BCUT2D eigenvalue weighted by atomic mass is 32.1. The van der Waals surface area contributed by atoms with Gasteiger partial charge in [0.25, 0.3) is 5.56 Å². The van der Waals surface area contributed by atoms with E-state index in [1.54, 1.807) is 11.4 Å². The first-order valence-corrected chi connectivity index (χ1v) is 11.4. The number of anilines is 1. The Bertz CT molecular complexity index is 1270. The summed E-state index contributed by atoms with van der Waals surface area (Å²) in [6.07, 6.45) is 1.66. The second-order valence-corrected chi connectivity index (χ2v) is 8.62. The van der Waals surface area contributed by atoms with Crippen LogP contribution in [0.25, 0.3) is 10.2 Å². The van der Waals surface area contributed by atoms with Crippen LogP contribution in [0.2, 0.25) is 0 Å². The van der Waals surface area contributed by atoms with Gasteiger partial charge in [-0.15, -0.1) is 11.3 Å². The second-order valence-electron chi connectivity index (χ2n) is 7.70. The van der Waals surface area contributed by atoms with Gasteiger partial charge in [0.05, 0.1) is 11.6 Å². The lowest BCUT2D eigenvalue weighted by atomic mass is 10.2. The van der Waals surface area contributed by atoms with E-state index in [1.165, 1.54) is 40.2 Å². The summed E-state index contributed by atoms with van der Waals surface area (Å²) < 4.78 is 21.1. The number of halogens is 1. The molecular weight excluding hydrogens is 451 g/mol. The van der Waals surface area contributed by atoms with Crippen LogP contribution in [0, 0.1) is 5.82 Å². The molecule has 0 bridgehead atoms. The molecule has 3 aromatic rings. The van der Waals surface area contributed by atoms with Crippen molar-refractivity contribution in [1.29, 1.82) is 0 Å². The smallest absolute Gasteiger partial charge is 0.332 e.